The molecule has 23 heavy (non-hydrogen) atoms. The summed E-state index contributed by atoms with van der Waals surface area (Å²) >= 11 is 2.69. The summed E-state index contributed by atoms with van der Waals surface area (Å²) in [6, 6.07) is 3.64. The number of hydrogen-bond donors (Lipinski definition) is 0. The van der Waals surface area contributed by atoms with Crippen molar-refractivity contribution in [3.63, 3.8) is 0 Å². The van der Waals surface area contributed by atoms with Crippen molar-refractivity contribution >= 4 is 38.5 Å². The average Bonchev–Trinajstić information content (AvgIpc) is 3.15. The molecule has 1 saturated heterocycles. The molecule has 1 unspecified atom stereocenters. The van der Waals surface area contributed by atoms with Crippen molar-refractivity contribution in [1.82, 2.24) is 4.31 Å². The third-order valence-electron chi connectivity index (χ3n) is 4.14. The molecule has 1 fully saturated rings. The Kier molecular flexibility index (Phi) is 4.73. The highest BCUT2D eigenvalue weighted by molar-refractivity contribution is 7.91. The SMILES string of the molecule is Cc1csc(S(=O)(=O)N2CCCC(C(=O)c3sccc3C)C2)c1. The van der Waals surface area contributed by atoms with E-state index >= 15 is 0 Å². The van der Waals surface area contributed by atoms with Gasteiger partial charge in [-0.1, -0.05) is 0 Å². The summed E-state index contributed by atoms with van der Waals surface area (Å²) < 4.78 is 27.3. The highest BCUT2D eigenvalue weighted by Crippen LogP contribution is 2.30. The second-order valence-electron chi connectivity index (χ2n) is 5.94. The zero-order valence-corrected chi connectivity index (χ0v) is 15.6. The average molecular weight is 370 g/mol. The van der Waals surface area contributed by atoms with Gasteiger partial charge in [-0.2, -0.15) is 4.31 Å². The number of aryl methyl sites for hydroxylation is 2. The van der Waals surface area contributed by atoms with Gasteiger partial charge in [0, 0.05) is 19.0 Å². The van der Waals surface area contributed by atoms with Crippen LogP contribution in [0, 0.1) is 19.8 Å². The molecule has 0 bridgehead atoms. The van der Waals surface area contributed by atoms with Gasteiger partial charge in [-0.15, -0.1) is 22.7 Å². The second-order valence-corrected chi connectivity index (χ2v) is 9.93. The van der Waals surface area contributed by atoms with Crippen molar-refractivity contribution in [3.8, 4) is 0 Å². The van der Waals surface area contributed by atoms with Crippen LogP contribution >= 0.6 is 22.7 Å². The van der Waals surface area contributed by atoms with Gasteiger partial charge in [-0.25, -0.2) is 8.42 Å². The molecule has 0 saturated carbocycles. The fraction of sp³-hybridized carbons (Fsp3) is 0.438. The molecule has 7 heteroatoms. The Bertz CT molecular complexity index is 819. The van der Waals surface area contributed by atoms with E-state index in [9.17, 15) is 13.2 Å². The molecular formula is C16H19NO3S3. The van der Waals surface area contributed by atoms with Crippen LogP contribution in [-0.2, 0) is 10.0 Å². The minimum Gasteiger partial charge on any atom is -0.293 e. The zero-order chi connectivity index (χ0) is 16.6. The lowest BCUT2D eigenvalue weighted by molar-refractivity contribution is 0.0876. The first-order chi connectivity index (χ1) is 10.9. The van der Waals surface area contributed by atoms with E-state index in [1.165, 1.54) is 27.0 Å². The lowest BCUT2D eigenvalue weighted by Crippen LogP contribution is -2.42. The van der Waals surface area contributed by atoms with E-state index in [1.807, 2.05) is 30.7 Å². The van der Waals surface area contributed by atoms with Crippen LogP contribution in [0.25, 0.3) is 0 Å². The van der Waals surface area contributed by atoms with Crippen molar-refractivity contribution in [3.05, 3.63) is 38.9 Å². The summed E-state index contributed by atoms with van der Waals surface area (Å²) in [5, 5.41) is 3.75. The predicted octanol–water partition coefficient (Wildman–Crippen LogP) is 3.71. The molecule has 1 aliphatic rings. The van der Waals surface area contributed by atoms with Gasteiger partial charge in [0.1, 0.15) is 4.21 Å². The van der Waals surface area contributed by atoms with E-state index < -0.39 is 10.0 Å². The van der Waals surface area contributed by atoms with E-state index in [4.69, 9.17) is 0 Å². The fourth-order valence-electron chi connectivity index (χ4n) is 2.85. The Hall–Kier alpha value is -1.02. The maximum Gasteiger partial charge on any atom is 0.252 e. The molecule has 0 aromatic carbocycles. The molecule has 0 amide bonds. The summed E-state index contributed by atoms with van der Waals surface area (Å²) in [5.74, 6) is -0.156. The number of hydrogen-bond acceptors (Lipinski definition) is 5. The van der Waals surface area contributed by atoms with Gasteiger partial charge in [-0.05, 0) is 60.7 Å². The molecule has 0 aliphatic carbocycles. The predicted molar refractivity (Wildman–Crippen MR) is 93.9 cm³/mol. The van der Waals surface area contributed by atoms with Gasteiger partial charge in [0.2, 0.25) is 0 Å². The summed E-state index contributed by atoms with van der Waals surface area (Å²) in [6.07, 6.45) is 1.48. The molecule has 0 spiro atoms. The standard InChI is InChI=1S/C16H19NO3S3/c1-11-8-14(22-10-11)23(19,20)17-6-3-4-13(9-17)15(18)16-12(2)5-7-21-16/h5,7-8,10,13H,3-4,6,9H2,1-2H3. The molecule has 4 nitrogen and oxygen atoms in total. The van der Waals surface area contributed by atoms with Crippen LogP contribution in [0.2, 0.25) is 0 Å². The van der Waals surface area contributed by atoms with Crippen molar-refractivity contribution in [2.75, 3.05) is 13.1 Å². The lowest BCUT2D eigenvalue weighted by atomic mass is 9.93. The normalized spacial score (nSPS) is 19.8. The number of carbonyl (C=O) groups is 1. The monoisotopic (exact) mass is 369 g/mol. The van der Waals surface area contributed by atoms with Gasteiger partial charge in [0.15, 0.2) is 5.78 Å². The molecule has 124 valence electrons. The Balaban J connectivity index is 1.81. The van der Waals surface area contributed by atoms with Gasteiger partial charge in [0.05, 0.1) is 4.88 Å². The third kappa shape index (κ3) is 3.28. The number of sulfonamides is 1. The van der Waals surface area contributed by atoms with E-state index in [2.05, 4.69) is 0 Å². The first-order valence-corrected chi connectivity index (χ1v) is 10.7. The van der Waals surface area contributed by atoms with E-state index in [-0.39, 0.29) is 18.2 Å². The summed E-state index contributed by atoms with van der Waals surface area (Å²) in [6.45, 7) is 4.59. The van der Waals surface area contributed by atoms with Gasteiger partial charge >= 0.3 is 0 Å². The Morgan fingerprint density at radius 2 is 2.09 bits per heavy atom. The first kappa shape index (κ1) is 16.8. The van der Waals surface area contributed by atoms with Crippen LogP contribution in [0.1, 0.15) is 33.6 Å². The number of thiophene rings is 2. The van der Waals surface area contributed by atoms with Crippen molar-refractivity contribution in [2.45, 2.75) is 30.9 Å². The topological polar surface area (TPSA) is 54.5 Å². The molecule has 1 atom stereocenters. The fourth-order valence-corrected chi connectivity index (χ4v) is 6.70. The Morgan fingerprint density at radius 3 is 2.70 bits per heavy atom. The van der Waals surface area contributed by atoms with Crippen LogP contribution in [0.5, 0.6) is 0 Å². The largest absolute Gasteiger partial charge is 0.293 e. The maximum atomic E-state index is 12.7. The van der Waals surface area contributed by atoms with Crippen LogP contribution in [-0.4, -0.2) is 31.6 Å². The number of rotatable bonds is 4. The summed E-state index contributed by atoms with van der Waals surface area (Å²) in [7, 11) is -3.48. The van der Waals surface area contributed by atoms with Crippen LogP contribution in [0.3, 0.4) is 0 Å². The van der Waals surface area contributed by atoms with Crippen molar-refractivity contribution in [1.29, 1.82) is 0 Å². The molecule has 3 heterocycles. The zero-order valence-electron chi connectivity index (χ0n) is 13.1. The Morgan fingerprint density at radius 1 is 1.30 bits per heavy atom. The number of nitrogens with zero attached hydrogens (tertiary/aromatic N) is 1. The van der Waals surface area contributed by atoms with Crippen molar-refractivity contribution < 1.29 is 13.2 Å². The molecule has 1 aliphatic heterocycles. The Labute approximate surface area is 144 Å². The van der Waals surface area contributed by atoms with Crippen LogP contribution in [0.4, 0.5) is 0 Å². The molecule has 2 aromatic heterocycles. The number of Topliss-reactive ketones (excluding diaryl/α,β-unsaturated/α-hetero) is 1. The molecule has 0 radical (unpaired) electrons. The second kappa shape index (κ2) is 6.47. The van der Waals surface area contributed by atoms with E-state index in [1.54, 1.807) is 6.07 Å². The first-order valence-electron chi connectivity index (χ1n) is 7.53. The van der Waals surface area contributed by atoms with Gasteiger partial charge in [-0.3, -0.25) is 4.79 Å². The highest BCUT2D eigenvalue weighted by atomic mass is 32.2. The molecule has 2 aromatic rings. The number of piperidine rings is 1. The maximum absolute atomic E-state index is 12.7. The third-order valence-corrected chi connectivity index (χ3v) is 8.57. The quantitative estimate of drug-likeness (QED) is 0.772. The van der Waals surface area contributed by atoms with E-state index in [0.29, 0.717) is 10.8 Å². The van der Waals surface area contributed by atoms with Crippen LogP contribution in [0.15, 0.2) is 27.1 Å². The molecule has 3 rings (SSSR count). The van der Waals surface area contributed by atoms with Crippen molar-refractivity contribution in [2.24, 2.45) is 5.92 Å². The summed E-state index contributed by atoms with van der Waals surface area (Å²) in [4.78, 5) is 13.5. The summed E-state index contributed by atoms with van der Waals surface area (Å²) in [5.41, 5.74) is 1.93. The number of carbonyl (C=O) groups excluding carboxylic acids is 1. The molecular weight excluding hydrogens is 350 g/mol. The highest BCUT2D eigenvalue weighted by Gasteiger charge is 2.34. The smallest absolute Gasteiger partial charge is 0.252 e. The van der Waals surface area contributed by atoms with Crippen LogP contribution < -0.4 is 0 Å². The lowest BCUT2D eigenvalue weighted by Gasteiger charge is -2.30. The molecule has 0 N–H and O–H groups in total. The van der Waals surface area contributed by atoms with E-state index in [0.717, 1.165) is 28.8 Å². The van der Waals surface area contributed by atoms with Gasteiger partial charge < -0.3 is 0 Å². The minimum atomic E-state index is -3.48. The minimum absolute atomic E-state index is 0.0831. The van der Waals surface area contributed by atoms with Gasteiger partial charge in [0.25, 0.3) is 10.0 Å². The number of ketones is 1.